The smallest absolute Gasteiger partial charge is 0.275 e. The van der Waals surface area contributed by atoms with Gasteiger partial charge in [0.05, 0.1) is 12.6 Å². The summed E-state index contributed by atoms with van der Waals surface area (Å²) >= 11 is 6.26. The third-order valence-corrected chi connectivity index (χ3v) is 5.56. The third kappa shape index (κ3) is 3.20. The van der Waals surface area contributed by atoms with E-state index >= 15 is 0 Å². The number of aromatic nitrogens is 2. The second kappa shape index (κ2) is 6.82. The van der Waals surface area contributed by atoms with Crippen LogP contribution in [0.3, 0.4) is 0 Å². The molecule has 1 aromatic carbocycles. The molecule has 144 valence electrons. The number of carbonyl (C=O) groups excluding carboxylic acids is 1. The molecule has 1 aliphatic carbocycles. The van der Waals surface area contributed by atoms with Crippen LogP contribution in [0.1, 0.15) is 34.5 Å². The van der Waals surface area contributed by atoms with Gasteiger partial charge in [0.15, 0.2) is 5.69 Å². The third-order valence-electron chi connectivity index (χ3n) is 5.14. The Bertz CT molecular complexity index is 875. The van der Waals surface area contributed by atoms with Crippen LogP contribution in [0.15, 0.2) is 18.2 Å². The molecule has 2 heterocycles. The molecule has 1 unspecified atom stereocenters. The van der Waals surface area contributed by atoms with Crippen LogP contribution in [0, 0.1) is 17.6 Å². The topological polar surface area (TPSA) is 38.1 Å². The van der Waals surface area contributed by atoms with Crippen molar-refractivity contribution in [3.05, 3.63) is 51.8 Å². The van der Waals surface area contributed by atoms with E-state index in [0.717, 1.165) is 16.8 Å². The first-order valence-electron chi connectivity index (χ1n) is 8.65. The van der Waals surface area contributed by atoms with Gasteiger partial charge in [-0.15, -0.1) is 0 Å². The number of hydrogen-bond donors (Lipinski definition) is 0. The van der Waals surface area contributed by atoms with E-state index in [-0.39, 0.29) is 41.8 Å². The summed E-state index contributed by atoms with van der Waals surface area (Å²) in [6.07, 6.45) is -1.01. The lowest BCUT2D eigenvalue weighted by atomic mass is 10.0. The zero-order chi connectivity index (χ0) is 19.3. The fourth-order valence-corrected chi connectivity index (χ4v) is 3.88. The van der Waals surface area contributed by atoms with E-state index in [1.807, 2.05) is 0 Å². The predicted octanol–water partition coefficient (Wildman–Crippen LogP) is 3.91. The Labute approximate surface area is 157 Å². The number of nitrogens with zero attached hydrogens (tertiary/aromatic N) is 3. The summed E-state index contributed by atoms with van der Waals surface area (Å²) in [5, 5.41) is 4.19. The van der Waals surface area contributed by atoms with Crippen LogP contribution in [-0.2, 0) is 13.0 Å². The van der Waals surface area contributed by atoms with Gasteiger partial charge in [0, 0.05) is 17.7 Å². The molecule has 1 saturated carbocycles. The molecule has 0 bridgehead atoms. The maximum Gasteiger partial charge on any atom is 0.275 e. The van der Waals surface area contributed by atoms with E-state index < -0.39 is 30.0 Å². The average molecular weight is 402 g/mol. The lowest BCUT2D eigenvalue weighted by Gasteiger charge is -2.33. The van der Waals surface area contributed by atoms with Crippen molar-refractivity contribution < 1.29 is 22.4 Å². The molecule has 4 rings (SSSR count). The van der Waals surface area contributed by atoms with Gasteiger partial charge >= 0.3 is 0 Å². The summed E-state index contributed by atoms with van der Waals surface area (Å²) in [5.74, 6) is -2.30. The molecular formula is C18H16ClF4N3O. The number of carbonyl (C=O) groups is 1. The van der Waals surface area contributed by atoms with Crippen LogP contribution >= 0.6 is 11.6 Å². The van der Waals surface area contributed by atoms with Crippen molar-refractivity contribution in [2.24, 2.45) is 5.92 Å². The zero-order valence-corrected chi connectivity index (χ0v) is 14.9. The van der Waals surface area contributed by atoms with Gasteiger partial charge in [-0.25, -0.2) is 22.2 Å². The number of rotatable bonds is 5. The highest BCUT2D eigenvalue weighted by Crippen LogP contribution is 2.40. The van der Waals surface area contributed by atoms with Gasteiger partial charge < -0.3 is 4.90 Å². The summed E-state index contributed by atoms with van der Waals surface area (Å²) in [6.45, 7) is -0.171. The highest BCUT2D eigenvalue weighted by Gasteiger charge is 2.45. The number of fused-ring (bicyclic) bond motifs is 1. The second-order valence-corrected chi connectivity index (χ2v) is 7.24. The van der Waals surface area contributed by atoms with E-state index in [4.69, 9.17) is 11.6 Å². The molecule has 0 N–H and O–H groups in total. The summed E-state index contributed by atoms with van der Waals surface area (Å²) in [4.78, 5) is 13.9. The number of alkyl halides is 2. The molecule has 4 nitrogen and oxygen atoms in total. The standard InChI is InChI=1S/C18H16ClF4N3O/c19-16-10-6-7-25(15(17(22)23)9-4-5-9)18(27)14(10)24-26(16)8-11-12(20)2-1-3-13(11)21/h1-3,9,15,17H,4-8H2. The van der Waals surface area contributed by atoms with Crippen LogP contribution in [0.4, 0.5) is 17.6 Å². The summed E-state index contributed by atoms with van der Waals surface area (Å²) < 4.78 is 55.8. The zero-order valence-electron chi connectivity index (χ0n) is 14.1. The molecule has 0 saturated heterocycles. The Morgan fingerprint density at radius 3 is 2.48 bits per heavy atom. The monoisotopic (exact) mass is 401 g/mol. The molecule has 1 fully saturated rings. The van der Waals surface area contributed by atoms with Crippen molar-refractivity contribution in [1.29, 1.82) is 0 Å². The van der Waals surface area contributed by atoms with Gasteiger partial charge in [0.2, 0.25) is 0 Å². The Morgan fingerprint density at radius 1 is 1.22 bits per heavy atom. The second-order valence-electron chi connectivity index (χ2n) is 6.89. The summed E-state index contributed by atoms with van der Waals surface area (Å²) in [7, 11) is 0. The van der Waals surface area contributed by atoms with Crippen LogP contribution in [0.2, 0.25) is 5.15 Å². The normalized spacial score (nSPS) is 18.1. The Kier molecular flexibility index (Phi) is 4.61. The SMILES string of the molecule is O=C1c2nn(Cc3c(F)cccc3F)c(Cl)c2CCN1C(C(F)F)C1CC1. The van der Waals surface area contributed by atoms with Crippen molar-refractivity contribution in [2.45, 2.75) is 38.3 Å². The Morgan fingerprint density at radius 2 is 1.89 bits per heavy atom. The fraction of sp³-hybridized carbons (Fsp3) is 0.444. The molecule has 0 spiro atoms. The van der Waals surface area contributed by atoms with Crippen LogP contribution < -0.4 is 0 Å². The average Bonchev–Trinajstić information content (AvgIpc) is 3.39. The van der Waals surface area contributed by atoms with Crippen LogP contribution in [0.25, 0.3) is 0 Å². The molecule has 2 aliphatic rings. The molecular weight excluding hydrogens is 386 g/mol. The molecule has 1 amide bonds. The fourth-order valence-electron chi connectivity index (χ4n) is 3.60. The van der Waals surface area contributed by atoms with E-state index in [0.29, 0.717) is 18.4 Å². The van der Waals surface area contributed by atoms with E-state index in [1.165, 1.54) is 11.0 Å². The van der Waals surface area contributed by atoms with Crippen molar-refractivity contribution in [1.82, 2.24) is 14.7 Å². The molecule has 2 aromatic rings. The first kappa shape index (κ1) is 18.3. The summed E-state index contributed by atoms with van der Waals surface area (Å²) in [5.41, 5.74) is 0.180. The van der Waals surface area contributed by atoms with Gasteiger partial charge in [-0.3, -0.25) is 4.79 Å². The van der Waals surface area contributed by atoms with Crippen LogP contribution in [0.5, 0.6) is 0 Å². The highest BCUT2D eigenvalue weighted by molar-refractivity contribution is 6.31. The van der Waals surface area contributed by atoms with Crippen molar-refractivity contribution >= 4 is 17.5 Å². The Hall–Kier alpha value is -2.09. The molecule has 0 radical (unpaired) electrons. The number of benzene rings is 1. The first-order chi connectivity index (χ1) is 12.9. The highest BCUT2D eigenvalue weighted by atomic mass is 35.5. The molecule has 27 heavy (non-hydrogen) atoms. The number of hydrogen-bond acceptors (Lipinski definition) is 2. The number of amides is 1. The maximum atomic E-state index is 13.9. The lowest BCUT2D eigenvalue weighted by Crippen LogP contribution is -2.49. The lowest BCUT2D eigenvalue weighted by molar-refractivity contribution is 0.0111. The van der Waals surface area contributed by atoms with Gasteiger partial charge in [0.1, 0.15) is 16.8 Å². The van der Waals surface area contributed by atoms with Crippen molar-refractivity contribution in [2.75, 3.05) is 6.54 Å². The van der Waals surface area contributed by atoms with Gasteiger partial charge in [-0.1, -0.05) is 17.7 Å². The molecule has 1 atom stereocenters. The number of halogens is 5. The summed E-state index contributed by atoms with van der Waals surface area (Å²) in [6, 6.07) is 2.35. The van der Waals surface area contributed by atoms with Crippen molar-refractivity contribution in [3.63, 3.8) is 0 Å². The van der Waals surface area contributed by atoms with Gasteiger partial charge in [-0.2, -0.15) is 5.10 Å². The quantitative estimate of drug-likeness (QED) is 0.713. The van der Waals surface area contributed by atoms with E-state index in [1.54, 1.807) is 0 Å². The van der Waals surface area contributed by atoms with Crippen LogP contribution in [-0.4, -0.2) is 39.6 Å². The molecule has 1 aromatic heterocycles. The van der Waals surface area contributed by atoms with Gasteiger partial charge in [0.25, 0.3) is 12.3 Å². The minimum Gasteiger partial charge on any atom is -0.328 e. The molecule has 1 aliphatic heterocycles. The minimum atomic E-state index is -2.63. The maximum absolute atomic E-state index is 13.9. The minimum absolute atomic E-state index is 0.0192. The Balaban J connectivity index is 1.65. The first-order valence-corrected chi connectivity index (χ1v) is 9.03. The largest absolute Gasteiger partial charge is 0.328 e. The predicted molar refractivity (Wildman–Crippen MR) is 90.0 cm³/mol. The van der Waals surface area contributed by atoms with Crippen molar-refractivity contribution in [3.8, 4) is 0 Å². The van der Waals surface area contributed by atoms with E-state index in [9.17, 15) is 22.4 Å². The van der Waals surface area contributed by atoms with Gasteiger partial charge in [-0.05, 0) is 37.3 Å². The van der Waals surface area contributed by atoms with E-state index in [2.05, 4.69) is 5.10 Å². The molecule has 9 heteroatoms.